The quantitative estimate of drug-likeness (QED) is 0.487. The van der Waals surface area contributed by atoms with Crippen LogP contribution in [0.4, 0.5) is 5.82 Å². The lowest BCUT2D eigenvalue weighted by Gasteiger charge is -2.13. The first kappa shape index (κ1) is 19.9. The van der Waals surface area contributed by atoms with Gasteiger partial charge in [-0.3, -0.25) is 4.40 Å². The average Bonchev–Trinajstić information content (AvgIpc) is 3.28. The molecule has 0 amide bonds. The number of para-hydroxylation sites is 1. The summed E-state index contributed by atoms with van der Waals surface area (Å²) in [6, 6.07) is 18.6. The number of anilines is 1. The molecule has 4 aromatic rings. The van der Waals surface area contributed by atoms with Crippen LogP contribution in [0.5, 0.6) is 5.75 Å². The van der Waals surface area contributed by atoms with E-state index >= 15 is 0 Å². The van der Waals surface area contributed by atoms with E-state index in [0.717, 1.165) is 28.3 Å². The van der Waals surface area contributed by atoms with Gasteiger partial charge < -0.3 is 10.1 Å². The highest BCUT2D eigenvalue weighted by molar-refractivity contribution is 7.91. The SMILES string of the molecule is CCS(=O)(=O)c1ccc(-c2ccc(NCc3ccccc3OC)n3cnnc23)cc1. The molecule has 2 heterocycles. The number of nitrogens with zero attached hydrogens (tertiary/aromatic N) is 3. The summed E-state index contributed by atoms with van der Waals surface area (Å²) in [7, 11) is -1.57. The third-order valence-corrected chi connectivity index (χ3v) is 6.76. The van der Waals surface area contributed by atoms with Gasteiger partial charge in [0.15, 0.2) is 15.5 Å². The fourth-order valence-corrected chi connectivity index (χ4v) is 4.21. The van der Waals surface area contributed by atoms with Crippen molar-refractivity contribution in [1.29, 1.82) is 0 Å². The molecule has 0 atom stereocenters. The molecule has 2 aromatic heterocycles. The molecule has 0 bridgehead atoms. The molecule has 30 heavy (non-hydrogen) atoms. The molecule has 0 saturated heterocycles. The minimum atomic E-state index is -3.23. The van der Waals surface area contributed by atoms with Crippen LogP contribution in [0.3, 0.4) is 0 Å². The van der Waals surface area contributed by atoms with Crippen LogP contribution in [0, 0.1) is 0 Å². The van der Waals surface area contributed by atoms with Crippen molar-refractivity contribution in [2.24, 2.45) is 0 Å². The van der Waals surface area contributed by atoms with Crippen molar-refractivity contribution in [3.8, 4) is 16.9 Å². The molecule has 0 saturated carbocycles. The van der Waals surface area contributed by atoms with Crippen LogP contribution in [-0.2, 0) is 16.4 Å². The van der Waals surface area contributed by atoms with Gasteiger partial charge in [0.2, 0.25) is 0 Å². The Balaban J connectivity index is 1.64. The van der Waals surface area contributed by atoms with Crippen LogP contribution in [-0.4, -0.2) is 35.9 Å². The molecule has 7 nitrogen and oxygen atoms in total. The molecule has 0 aliphatic heterocycles. The third kappa shape index (κ3) is 3.73. The molecule has 154 valence electrons. The van der Waals surface area contributed by atoms with E-state index in [0.29, 0.717) is 17.1 Å². The topological polar surface area (TPSA) is 85.6 Å². The van der Waals surface area contributed by atoms with Crippen LogP contribution in [0.25, 0.3) is 16.8 Å². The predicted molar refractivity (Wildman–Crippen MR) is 116 cm³/mol. The number of pyridine rings is 1. The molecule has 4 rings (SSSR count). The first-order valence-corrected chi connectivity index (χ1v) is 11.2. The Morgan fingerprint density at radius 3 is 2.53 bits per heavy atom. The zero-order valence-corrected chi connectivity index (χ0v) is 17.6. The second-order valence-electron chi connectivity index (χ2n) is 6.75. The number of fused-ring (bicyclic) bond motifs is 1. The first-order valence-electron chi connectivity index (χ1n) is 9.55. The second-order valence-corrected chi connectivity index (χ2v) is 9.03. The zero-order valence-electron chi connectivity index (χ0n) is 16.7. The van der Waals surface area contributed by atoms with Crippen LogP contribution < -0.4 is 10.1 Å². The highest BCUT2D eigenvalue weighted by Crippen LogP contribution is 2.28. The number of aromatic nitrogens is 3. The Bertz CT molecular complexity index is 1280. The number of rotatable bonds is 7. The fraction of sp³-hybridized carbons (Fsp3) is 0.182. The molecular formula is C22H22N4O3S. The van der Waals surface area contributed by atoms with E-state index in [9.17, 15) is 8.42 Å². The van der Waals surface area contributed by atoms with Gasteiger partial charge in [-0.15, -0.1) is 10.2 Å². The number of sulfone groups is 1. The Hall–Kier alpha value is -3.39. The Labute approximate surface area is 175 Å². The minimum Gasteiger partial charge on any atom is -0.496 e. The summed E-state index contributed by atoms with van der Waals surface area (Å²) in [6.07, 6.45) is 1.65. The Morgan fingerprint density at radius 2 is 1.80 bits per heavy atom. The summed E-state index contributed by atoms with van der Waals surface area (Å²) in [5.41, 5.74) is 3.47. The predicted octanol–water partition coefficient (Wildman–Crippen LogP) is 3.81. The molecule has 8 heteroatoms. The van der Waals surface area contributed by atoms with E-state index in [4.69, 9.17) is 4.74 Å². The summed E-state index contributed by atoms with van der Waals surface area (Å²) in [5, 5.41) is 11.7. The summed E-state index contributed by atoms with van der Waals surface area (Å²) in [6.45, 7) is 2.22. The van der Waals surface area contributed by atoms with Gasteiger partial charge in [0.1, 0.15) is 17.9 Å². The van der Waals surface area contributed by atoms with Gasteiger partial charge in [-0.05, 0) is 35.9 Å². The number of ether oxygens (including phenoxy) is 1. The minimum absolute atomic E-state index is 0.0767. The van der Waals surface area contributed by atoms with E-state index in [-0.39, 0.29) is 5.75 Å². The molecule has 0 aliphatic rings. The lowest BCUT2D eigenvalue weighted by molar-refractivity contribution is 0.410. The zero-order chi connectivity index (χ0) is 21.1. The van der Waals surface area contributed by atoms with Crippen molar-refractivity contribution in [3.63, 3.8) is 0 Å². The second kappa shape index (κ2) is 8.16. The lowest BCUT2D eigenvalue weighted by Crippen LogP contribution is -2.06. The van der Waals surface area contributed by atoms with E-state index in [1.54, 1.807) is 44.6 Å². The van der Waals surface area contributed by atoms with Crippen molar-refractivity contribution in [2.45, 2.75) is 18.4 Å². The molecule has 1 N–H and O–H groups in total. The maximum absolute atomic E-state index is 12.1. The average molecular weight is 423 g/mol. The Morgan fingerprint density at radius 1 is 1.03 bits per heavy atom. The maximum Gasteiger partial charge on any atom is 0.178 e. The van der Waals surface area contributed by atoms with Gasteiger partial charge in [0.05, 0.1) is 17.8 Å². The number of benzene rings is 2. The number of methoxy groups -OCH3 is 1. The van der Waals surface area contributed by atoms with Crippen molar-refractivity contribution >= 4 is 21.3 Å². The van der Waals surface area contributed by atoms with Gasteiger partial charge in [-0.2, -0.15) is 0 Å². The Kier molecular flexibility index (Phi) is 5.41. The fourth-order valence-electron chi connectivity index (χ4n) is 3.32. The van der Waals surface area contributed by atoms with Gasteiger partial charge >= 0.3 is 0 Å². The summed E-state index contributed by atoms with van der Waals surface area (Å²) in [5.74, 6) is 1.74. The summed E-state index contributed by atoms with van der Waals surface area (Å²) < 4.78 is 31.4. The van der Waals surface area contributed by atoms with E-state index in [2.05, 4.69) is 15.5 Å². The molecule has 0 radical (unpaired) electrons. The molecule has 0 unspecified atom stereocenters. The van der Waals surface area contributed by atoms with Crippen LogP contribution in [0.1, 0.15) is 12.5 Å². The summed E-state index contributed by atoms with van der Waals surface area (Å²) >= 11 is 0. The van der Waals surface area contributed by atoms with Crippen LogP contribution in [0.2, 0.25) is 0 Å². The maximum atomic E-state index is 12.1. The number of hydrogen-bond acceptors (Lipinski definition) is 6. The molecule has 0 fully saturated rings. The highest BCUT2D eigenvalue weighted by atomic mass is 32.2. The molecule has 0 spiro atoms. The number of nitrogens with one attached hydrogen (secondary N) is 1. The van der Waals surface area contributed by atoms with E-state index in [1.807, 2.05) is 40.8 Å². The molecule has 2 aromatic carbocycles. The van der Waals surface area contributed by atoms with Gasteiger partial charge in [-0.25, -0.2) is 8.42 Å². The van der Waals surface area contributed by atoms with E-state index < -0.39 is 9.84 Å². The van der Waals surface area contributed by atoms with Crippen LogP contribution >= 0.6 is 0 Å². The van der Waals surface area contributed by atoms with Crippen molar-refractivity contribution in [2.75, 3.05) is 18.2 Å². The van der Waals surface area contributed by atoms with Gasteiger partial charge in [0.25, 0.3) is 0 Å². The lowest BCUT2D eigenvalue weighted by atomic mass is 10.1. The van der Waals surface area contributed by atoms with Crippen molar-refractivity contribution in [1.82, 2.24) is 14.6 Å². The largest absolute Gasteiger partial charge is 0.496 e. The smallest absolute Gasteiger partial charge is 0.178 e. The van der Waals surface area contributed by atoms with E-state index in [1.165, 1.54) is 0 Å². The standard InChI is InChI=1S/C22H22N4O3S/c1-3-30(27,28)18-10-8-16(9-11-18)19-12-13-21(26-15-24-25-22(19)26)23-14-17-6-4-5-7-20(17)29-2/h4-13,15,23H,3,14H2,1-2H3. The van der Waals surface area contributed by atoms with Crippen molar-refractivity contribution < 1.29 is 13.2 Å². The molecule has 0 aliphatic carbocycles. The monoisotopic (exact) mass is 422 g/mol. The third-order valence-electron chi connectivity index (χ3n) is 5.01. The molecular weight excluding hydrogens is 400 g/mol. The highest BCUT2D eigenvalue weighted by Gasteiger charge is 2.14. The van der Waals surface area contributed by atoms with Crippen LogP contribution in [0.15, 0.2) is 71.9 Å². The van der Waals surface area contributed by atoms with Gasteiger partial charge in [0, 0.05) is 17.7 Å². The first-order chi connectivity index (χ1) is 14.5. The summed E-state index contributed by atoms with van der Waals surface area (Å²) in [4.78, 5) is 0.321. The number of hydrogen-bond donors (Lipinski definition) is 1. The van der Waals surface area contributed by atoms with Gasteiger partial charge in [-0.1, -0.05) is 37.3 Å². The normalized spacial score (nSPS) is 11.5. The van der Waals surface area contributed by atoms with Crippen molar-refractivity contribution in [3.05, 3.63) is 72.6 Å².